The maximum atomic E-state index is 10.6. The molecular formula is C4H11N4NaO2. The van der Waals surface area contributed by atoms with Crippen LogP contribution < -0.4 is 5.32 Å². The van der Waals surface area contributed by atoms with Gasteiger partial charge in [-0.05, 0) is 0 Å². The molecule has 0 amide bonds. The van der Waals surface area contributed by atoms with E-state index >= 15 is 0 Å². The third kappa shape index (κ3) is 3.24. The van der Waals surface area contributed by atoms with E-state index in [1.807, 2.05) is 0 Å². The smallest absolute Gasteiger partial charge is 0.230 e. The van der Waals surface area contributed by atoms with Gasteiger partial charge in [-0.15, -0.1) is 5.01 Å². The van der Waals surface area contributed by atoms with Gasteiger partial charge in [0.1, 0.15) is 0 Å². The Balaban J connectivity index is 0.000001000. The Hall–Kier alpha value is -0.0400. The van der Waals surface area contributed by atoms with E-state index in [2.05, 4.69) is 10.6 Å². The Morgan fingerprint density at radius 2 is 2.00 bits per heavy atom. The average Bonchev–Trinajstić information content (AvgIpc) is 2.05. The first-order chi connectivity index (χ1) is 4.84. The Kier molecular flexibility index (Phi) is 5.57. The minimum atomic E-state index is 0. The summed E-state index contributed by atoms with van der Waals surface area (Å²) < 4.78 is 0. The predicted molar refractivity (Wildman–Crippen MR) is 39.4 cm³/mol. The standard InChI is InChI=1S/C4H10N4O2.Na.H/c9-6-8(10)7-3-1-5-2-4-7;;/h5,9H,1-4H2;;. The first kappa shape index (κ1) is 11.0. The second-order valence-corrected chi connectivity index (χ2v) is 2.05. The summed E-state index contributed by atoms with van der Waals surface area (Å²) in [5.74, 6) is 0. The van der Waals surface area contributed by atoms with E-state index in [1.54, 1.807) is 0 Å². The molecule has 1 heterocycles. The molecule has 1 aliphatic rings. The SMILES string of the molecule is [NaH].[O-][N+](=NO)N1CCNCC1. The summed E-state index contributed by atoms with van der Waals surface area (Å²) in [5.41, 5.74) is 0. The van der Waals surface area contributed by atoms with Gasteiger partial charge < -0.3 is 15.7 Å². The second kappa shape index (κ2) is 5.59. The first-order valence-corrected chi connectivity index (χ1v) is 3.12. The Morgan fingerprint density at radius 3 is 2.45 bits per heavy atom. The molecule has 0 aromatic carbocycles. The number of hydrazine groups is 1. The van der Waals surface area contributed by atoms with Crippen molar-refractivity contribution >= 4 is 29.6 Å². The Labute approximate surface area is 86.7 Å². The molecule has 1 saturated heterocycles. The zero-order chi connectivity index (χ0) is 7.40. The molecule has 0 spiro atoms. The van der Waals surface area contributed by atoms with Crippen LogP contribution in [0.1, 0.15) is 0 Å². The van der Waals surface area contributed by atoms with Gasteiger partial charge in [-0.2, -0.15) is 0 Å². The van der Waals surface area contributed by atoms with E-state index in [9.17, 15) is 5.21 Å². The average molecular weight is 170 g/mol. The zero-order valence-corrected chi connectivity index (χ0v) is 5.53. The van der Waals surface area contributed by atoms with Gasteiger partial charge in [0.15, 0.2) is 0 Å². The molecule has 0 saturated carbocycles. The molecule has 1 rings (SSSR count). The van der Waals surface area contributed by atoms with Crippen LogP contribution in [0.25, 0.3) is 0 Å². The molecule has 11 heavy (non-hydrogen) atoms. The number of hydrogen-bond donors (Lipinski definition) is 2. The van der Waals surface area contributed by atoms with Crippen LogP contribution in [0.15, 0.2) is 5.28 Å². The van der Waals surface area contributed by atoms with Crippen molar-refractivity contribution < 1.29 is 10.2 Å². The molecule has 0 unspecified atom stereocenters. The van der Waals surface area contributed by atoms with Crippen molar-refractivity contribution in [3.63, 3.8) is 0 Å². The van der Waals surface area contributed by atoms with Gasteiger partial charge in [0, 0.05) is 13.1 Å². The van der Waals surface area contributed by atoms with E-state index in [0.717, 1.165) is 13.1 Å². The normalized spacial score (nSPS) is 19.3. The van der Waals surface area contributed by atoms with Crippen molar-refractivity contribution in [2.24, 2.45) is 5.28 Å². The quantitative estimate of drug-likeness (QED) is 0.217. The molecule has 0 radical (unpaired) electrons. The maximum Gasteiger partial charge on any atom is 0.230 e. The first-order valence-electron chi connectivity index (χ1n) is 3.12. The van der Waals surface area contributed by atoms with E-state index in [-0.39, 0.29) is 34.5 Å². The monoisotopic (exact) mass is 170 g/mol. The summed E-state index contributed by atoms with van der Waals surface area (Å²) in [6.45, 7) is 2.70. The van der Waals surface area contributed by atoms with Crippen LogP contribution in [0.5, 0.6) is 0 Å². The van der Waals surface area contributed by atoms with Crippen LogP contribution in [0.2, 0.25) is 0 Å². The van der Waals surface area contributed by atoms with Crippen LogP contribution in [0, 0.1) is 5.21 Å². The van der Waals surface area contributed by atoms with Crippen LogP contribution in [-0.2, 0) is 0 Å². The van der Waals surface area contributed by atoms with Crippen LogP contribution in [0.3, 0.4) is 0 Å². The van der Waals surface area contributed by atoms with Crippen molar-refractivity contribution in [3.8, 4) is 0 Å². The van der Waals surface area contributed by atoms with Gasteiger partial charge in [0.2, 0.25) is 5.28 Å². The van der Waals surface area contributed by atoms with E-state index in [4.69, 9.17) is 5.21 Å². The van der Waals surface area contributed by atoms with Crippen LogP contribution >= 0.6 is 0 Å². The van der Waals surface area contributed by atoms with E-state index in [0.29, 0.717) is 13.1 Å². The summed E-state index contributed by atoms with van der Waals surface area (Å²) in [4.78, 5) is 0.209. The second-order valence-electron chi connectivity index (χ2n) is 2.05. The van der Waals surface area contributed by atoms with E-state index in [1.165, 1.54) is 5.01 Å². The minimum Gasteiger partial charge on any atom is -0.569 e. The molecule has 7 heteroatoms. The molecule has 1 fully saturated rings. The molecule has 1 aliphatic heterocycles. The van der Waals surface area contributed by atoms with Crippen molar-refractivity contribution in [3.05, 3.63) is 5.21 Å². The largest absolute Gasteiger partial charge is 0.569 e. The molecular weight excluding hydrogens is 159 g/mol. The van der Waals surface area contributed by atoms with Gasteiger partial charge in [-0.25, -0.2) is 0 Å². The molecule has 0 aliphatic carbocycles. The van der Waals surface area contributed by atoms with Gasteiger partial charge in [0.25, 0.3) is 0 Å². The number of nitrogens with one attached hydrogen (secondary N) is 1. The van der Waals surface area contributed by atoms with Crippen LogP contribution in [-0.4, -0.2) is 70.9 Å². The fourth-order valence-electron chi connectivity index (χ4n) is 0.881. The number of hydrogen-bond acceptors (Lipinski definition) is 3. The summed E-state index contributed by atoms with van der Waals surface area (Å²) >= 11 is 0. The van der Waals surface area contributed by atoms with Crippen molar-refractivity contribution in [2.45, 2.75) is 0 Å². The third-order valence-electron chi connectivity index (χ3n) is 1.41. The molecule has 6 nitrogen and oxygen atoms in total. The third-order valence-corrected chi connectivity index (χ3v) is 1.41. The molecule has 0 bridgehead atoms. The van der Waals surface area contributed by atoms with Crippen molar-refractivity contribution in [2.75, 3.05) is 26.2 Å². The van der Waals surface area contributed by atoms with E-state index < -0.39 is 0 Å². The minimum absolute atomic E-state index is 0. The fraction of sp³-hybridized carbons (Fsp3) is 1.00. The summed E-state index contributed by atoms with van der Waals surface area (Å²) in [6.07, 6.45) is 0. The van der Waals surface area contributed by atoms with Crippen molar-refractivity contribution in [1.82, 2.24) is 10.3 Å². The Bertz CT molecular complexity index is 136. The topological polar surface area (TPSA) is 73.9 Å². The Morgan fingerprint density at radius 1 is 1.45 bits per heavy atom. The molecule has 0 atom stereocenters. The van der Waals surface area contributed by atoms with Gasteiger partial charge in [0.05, 0.1) is 18.1 Å². The van der Waals surface area contributed by atoms with Gasteiger partial charge >= 0.3 is 29.6 Å². The van der Waals surface area contributed by atoms with Gasteiger partial charge in [-0.3, -0.25) is 0 Å². The van der Waals surface area contributed by atoms with Gasteiger partial charge in [-0.1, -0.05) is 0 Å². The zero-order valence-electron chi connectivity index (χ0n) is 5.53. The number of piperazine rings is 1. The summed E-state index contributed by atoms with van der Waals surface area (Å²) in [6, 6.07) is 0. The molecule has 2 N–H and O–H groups in total. The maximum absolute atomic E-state index is 10.6. The number of rotatable bonds is 1. The molecule has 0 aromatic heterocycles. The fourth-order valence-corrected chi connectivity index (χ4v) is 0.881. The van der Waals surface area contributed by atoms with Crippen LogP contribution in [0.4, 0.5) is 0 Å². The predicted octanol–water partition coefficient (Wildman–Crippen LogP) is -1.49. The van der Waals surface area contributed by atoms with Crippen molar-refractivity contribution in [1.29, 1.82) is 0 Å². The molecule has 0 aromatic rings. The molecule has 60 valence electrons. The summed E-state index contributed by atoms with van der Waals surface area (Å²) in [5, 5.41) is 25.6. The number of nitrogens with zero attached hydrogens (tertiary/aromatic N) is 3. The summed E-state index contributed by atoms with van der Waals surface area (Å²) in [7, 11) is 0.